The lowest BCUT2D eigenvalue weighted by Crippen LogP contribution is -2.47. The zero-order valence-corrected chi connectivity index (χ0v) is 16.7. The normalized spacial score (nSPS) is 20.6. The van der Waals surface area contributed by atoms with Crippen molar-refractivity contribution in [2.75, 3.05) is 0 Å². The second-order valence-electron chi connectivity index (χ2n) is 7.58. The number of fused-ring (bicyclic) bond motifs is 1. The summed E-state index contributed by atoms with van der Waals surface area (Å²) in [7, 11) is 0. The second-order valence-corrected chi connectivity index (χ2v) is 7.58. The fourth-order valence-electron chi connectivity index (χ4n) is 3.94. The van der Waals surface area contributed by atoms with E-state index in [9.17, 15) is 4.79 Å². The SMILES string of the molecule is CCc1ccc(C2CC3C(=O)N(Cc4nc(-c5ccccc5)no4)C=CN3N2)cc1. The molecule has 7 heteroatoms. The van der Waals surface area contributed by atoms with Crippen LogP contribution in [0.25, 0.3) is 11.4 Å². The van der Waals surface area contributed by atoms with E-state index in [0.717, 1.165) is 12.0 Å². The van der Waals surface area contributed by atoms with E-state index in [4.69, 9.17) is 4.52 Å². The Labute approximate surface area is 175 Å². The van der Waals surface area contributed by atoms with Gasteiger partial charge in [-0.1, -0.05) is 66.7 Å². The van der Waals surface area contributed by atoms with Gasteiger partial charge in [0.1, 0.15) is 12.6 Å². The molecule has 1 aromatic heterocycles. The molecule has 152 valence electrons. The van der Waals surface area contributed by atoms with Crippen molar-refractivity contribution < 1.29 is 9.32 Å². The minimum absolute atomic E-state index is 0.0251. The summed E-state index contributed by atoms with van der Waals surface area (Å²) in [5.74, 6) is 0.967. The highest BCUT2D eigenvalue weighted by Gasteiger charge is 2.40. The molecule has 2 aromatic carbocycles. The lowest BCUT2D eigenvalue weighted by atomic mass is 9.99. The largest absolute Gasteiger partial charge is 0.337 e. The smallest absolute Gasteiger partial charge is 0.251 e. The highest BCUT2D eigenvalue weighted by Crippen LogP contribution is 2.31. The van der Waals surface area contributed by atoms with Crippen LogP contribution in [0, 0.1) is 0 Å². The molecule has 2 atom stereocenters. The number of aromatic nitrogens is 2. The van der Waals surface area contributed by atoms with Gasteiger partial charge in [-0.15, -0.1) is 0 Å². The maximum atomic E-state index is 13.1. The van der Waals surface area contributed by atoms with Gasteiger partial charge in [-0.2, -0.15) is 4.98 Å². The molecule has 1 N–H and O–H groups in total. The highest BCUT2D eigenvalue weighted by molar-refractivity contribution is 5.84. The first-order chi connectivity index (χ1) is 14.7. The Hall–Kier alpha value is -3.45. The Morgan fingerprint density at radius 3 is 2.67 bits per heavy atom. The van der Waals surface area contributed by atoms with Crippen LogP contribution in [0.3, 0.4) is 0 Å². The zero-order chi connectivity index (χ0) is 20.5. The topological polar surface area (TPSA) is 74.5 Å². The van der Waals surface area contributed by atoms with Gasteiger partial charge >= 0.3 is 0 Å². The van der Waals surface area contributed by atoms with Gasteiger partial charge in [-0.3, -0.25) is 4.79 Å². The van der Waals surface area contributed by atoms with Gasteiger partial charge in [-0.25, -0.2) is 5.43 Å². The van der Waals surface area contributed by atoms with Gasteiger partial charge < -0.3 is 14.4 Å². The number of hydrazine groups is 1. The van der Waals surface area contributed by atoms with Crippen molar-refractivity contribution in [2.45, 2.75) is 38.4 Å². The molecule has 2 unspecified atom stereocenters. The molecule has 3 heterocycles. The third kappa shape index (κ3) is 3.48. The van der Waals surface area contributed by atoms with Gasteiger partial charge in [0.05, 0.1) is 6.04 Å². The lowest BCUT2D eigenvalue weighted by molar-refractivity contribution is -0.135. The van der Waals surface area contributed by atoms with Crippen LogP contribution in [-0.2, 0) is 17.8 Å². The quantitative estimate of drug-likeness (QED) is 0.706. The van der Waals surface area contributed by atoms with Crippen molar-refractivity contribution >= 4 is 5.91 Å². The standard InChI is InChI=1S/C23H23N5O2/c1-2-16-8-10-17(11-9-16)19-14-20-23(29)27(12-13-28(20)25-19)15-21-24-22(26-30-21)18-6-4-3-5-7-18/h3-13,19-20,25H,2,14-15H2,1H3. The number of hydrogen-bond donors (Lipinski definition) is 1. The molecule has 1 saturated heterocycles. The third-order valence-electron chi connectivity index (χ3n) is 5.67. The minimum atomic E-state index is -0.248. The molecule has 5 rings (SSSR count). The van der Waals surface area contributed by atoms with Crippen LogP contribution in [0.1, 0.15) is 36.4 Å². The molecular weight excluding hydrogens is 378 g/mol. The number of nitrogens with zero attached hydrogens (tertiary/aromatic N) is 4. The molecule has 0 aliphatic carbocycles. The molecule has 0 radical (unpaired) electrons. The summed E-state index contributed by atoms with van der Waals surface area (Å²) in [4.78, 5) is 19.2. The molecule has 2 aliphatic heterocycles. The van der Waals surface area contributed by atoms with Gasteiger partial charge in [-0.05, 0) is 24.0 Å². The first-order valence-corrected chi connectivity index (χ1v) is 10.2. The summed E-state index contributed by atoms with van der Waals surface area (Å²) in [6.45, 7) is 2.41. The van der Waals surface area contributed by atoms with E-state index in [1.807, 2.05) is 41.5 Å². The molecule has 1 amide bonds. The van der Waals surface area contributed by atoms with E-state index in [1.165, 1.54) is 11.1 Å². The number of nitrogens with one attached hydrogen (secondary N) is 1. The fraction of sp³-hybridized carbons (Fsp3) is 0.261. The van der Waals surface area contributed by atoms with Crippen LogP contribution in [-0.4, -0.2) is 32.0 Å². The monoisotopic (exact) mass is 401 g/mol. The fourth-order valence-corrected chi connectivity index (χ4v) is 3.94. The first-order valence-electron chi connectivity index (χ1n) is 10.2. The van der Waals surface area contributed by atoms with Gasteiger partial charge in [0, 0.05) is 18.0 Å². The molecule has 30 heavy (non-hydrogen) atoms. The van der Waals surface area contributed by atoms with Gasteiger partial charge in [0.15, 0.2) is 0 Å². The summed E-state index contributed by atoms with van der Waals surface area (Å²) >= 11 is 0. The number of carbonyl (C=O) groups is 1. The Morgan fingerprint density at radius 1 is 1.10 bits per heavy atom. The summed E-state index contributed by atoms with van der Waals surface area (Å²) < 4.78 is 5.38. The number of aryl methyl sites for hydroxylation is 1. The predicted octanol–water partition coefficient (Wildman–Crippen LogP) is 3.43. The first kappa shape index (κ1) is 18.6. The maximum absolute atomic E-state index is 13.1. The van der Waals surface area contributed by atoms with Crippen LogP contribution in [0.4, 0.5) is 0 Å². The molecule has 0 saturated carbocycles. The molecule has 2 aliphatic rings. The van der Waals surface area contributed by atoms with Gasteiger partial charge in [0.25, 0.3) is 5.91 Å². The average Bonchev–Trinajstić information content (AvgIpc) is 3.44. The highest BCUT2D eigenvalue weighted by atomic mass is 16.5. The second kappa shape index (κ2) is 7.76. The van der Waals surface area contributed by atoms with Gasteiger partial charge in [0.2, 0.25) is 11.7 Å². The van der Waals surface area contributed by atoms with E-state index >= 15 is 0 Å². The van der Waals surface area contributed by atoms with Crippen LogP contribution in [0.15, 0.2) is 71.5 Å². The van der Waals surface area contributed by atoms with Crippen molar-refractivity contribution in [3.8, 4) is 11.4 Å². The molecule has 0 spiro atoms. The number of benzene rings is 2. The van der Waals surface area contributed by atoms with Crippen LogP contribution in [0.5, 0.6) is 0 Å². The molecule has 7 nitrogen and oxygen atoms in total. The van der Waals surface area contributed by atoms with Crippen LogP contribution in [0.2, 0.25) is 0 Å². The predicted molar refractivity (Wildman–Crippen MR) is 111 cm³/mol. The number of carbonyl (C=O) groups excluding carboxylic acids is 1. The van der Waals surface area contributed by atoms with Crippen LogP contribution < -0.4 is 5.43 Å². The number of hydrogen-bond acceptors (Lipinski definition) is 6. The van der Waals surface area contributed by atoms with Crippen molar-refractivity contribution in [2.24, 2.45) is 0 Å². The van der Waals surface area contributed by atoms with E-state index in [-0.39, 0.29) is 24.5 Å². The van der Waals surface area contributed by atoms with E-state index in [1.54, 1.807) is 11.1 Å². The van der Waals surface area contributed by atoms with E-state index < -0.39 is 0 Å². The number of rotatable bonds is 5. The average molecular weight is 401 g/mol. The van der Waals surface area contributed by atoms with Crippen molar-refractivity contribution in [3.05, 3.63) is 84.0 Å². The van der Waals surface area contributed by atoms with Crippen molar-refractivity contribution in [1.82, 2.24) is 25.5 Å². The summed E-state index contributed by atoms with van der Waals surface area (Å²) in [5, 5.41) is 5.94. The Morgan fingerprint density at radius 2 is 1.90 bits per heavy atom. The Balaban J connectivity index is 1.27. The van der Waals surface area contributed by atoms with E-state index in [0.29, 0.717) is 18.1 Å². The maximum Gasteiger partial charge on any atom is 0.251 e. The van der Waals surface area contributed by atoms with E-state index in [2.05, 4.69) is 46.8 Å². The Kier molecular flexibility index (Phi) is 4.80. The third-order valence-corrected chi connectivity index (χ3v) is 5.67. The lowest BCUT2D eigenvalue weighted by Gasteiger charge is -2.30. The summed E-state index contributed by atoms with van der Waals surface area (Å²) in [6, 6.07) is 18.1. The number of amides is 1. The Bertz CT molecular complexity index is 1060. The van der Waals surface area contributed by atoms with Crippen molar-refractivity contribution in [1.29, 1.82) is 0 Å². The molecule has 3 aromatic rings. The minimum Gasteiger partial charge on any atom is -0.337 e. The summed E-state index contributed by atoms with van der Waals surface area (Å²) in [6.07, 6.45) is 5.40. The molecular formula is C23H23N5O2. The zero-order valence-electron chi connectivity index (χ0n) is 16.7. The molecule has 1 fully saturated rings. The summed E-state index contributed by atoms with van der Waals surface area (Å²) in [5.41, 5.74) is 6.82. The van der Waals surface area contributed by atoms with Crippen LogP contribution >= 0.6 is 0 Å². The van der Waals surface area contributed by atoms with Crippen molar-refractivity contribution in [3.63, 3.8) is 0 Å². The molecule has 0 bridgehead atoms.